The Morgan fingerprint density at radius 2 is 2.04 bits per heavy atom. The van der Waals surface area contributed by atoms with Crippen LogP contribution in [-0.2, 0) is 15.0 Å². The molecule has 140 valence electrons. The van der Waals surface area contributed by atoms with Crippen LogP contribution in [0.5, 0.6) is 0 Å². The van der Waals surface area contributed by atoms with Gasteiger partial charge in [0.25, 0.3) is 0 Å². The van der Waals surface area contributed by atoms with Gasteiger partial charge in [0, 0.05) is 17.1 Å². The number of rotatable bonds is 4. The molecule has 0 radical (unpaired) electrons. The molecule has 26 heavy (non-hydrogen) atoms. The second kappa shape index (κ2) is 7.07. The Hall–Kier alpha value is -1.81. The standard InChI is InChI=1S/C21H27ClN2O2/c1-12(2)5-7-15(13(3)4)19-21(10-9-18(25)24-19)16-8-6-14(22)11-17(16)23-20(21)26/h6-8,11-13,19H,5,9-10H2,1-4H3,(H,23,26)(H,24,25)/b15-7-/t19-,21-/m1/s1. The van der Waals surface area contributed by atoms with Gasteiger partial charge in [-0.1, -0.05) is 51.4 Å². The Morgan fingerprint density at radius 1 is 1.31 bits per heavy atom. The van der Waals surface area contributed by atoms with E-state index in [1.165, 1.54) is 0 Å². The topological polar surface area (TPSA) is 58.2 Å². The van der Waals surface area contributed by atoms with Crippen LogP contribution < -0.4 is 10.6 Å². The molecule has 0 unspecified atom stereocenters. The van der Waals surface area contributed by atoms with Crippen LogP contribution in [0.3, 0.4) is 0 Å². The Balaban J connectivity index is 2.14. The maximum Gasteiger partial charge on any atom is 0.237 e. The molecule has 0 aromatic heterocycles. The summed E-state index contributed by atoms with van der Waals surface area (Å²) < 4.78 is 0. The van der Waals surface area contributed by atoms with Crippen LogP contribution in [0.2, 0.25) is 5.02 Å². The molecule has 2 atom stereocenters. The van der Waals surface area contributed by atoms with Gasteiger partial charge in [-0.15, -0.1) is 0 Å². The maximum absolute atomic E-state index is 13.2. The minimum atomic E-state index is -0.763. The number of piperidine rings is 1. The summed E-state index contributed by atoms with van der Waals surface area (Å²) in [6.07, 6.45) is 4.00. The highest BCUT2D eigenvalue weighted by molar-refractivity contribution is 6.31. The largest absolute Gasteiger partial charge is 0.348 e. The number of benzene rings is 1. The SMILES string of the molecule is CC(C)C/C=C(/C(C)C)[C@H]1NC(=O)CC[C@]12C(=O)Nc1cc(Cl)ccc12. The van der Waals surface area contributed by atoms with Gasteiger partial charge in [0.1, 0.15) is 5.41 Å². The van der Waals surface area contributed by atoms with Crippen molar-refractivity contribution in [2.45, 2.75) is 58.4 Å². The summed E-state index contributed by atoms with van der Waals surface area (Å²) in [5, 5.41) is 6.73. The van der Waals surface area contributed by atoms with Crippen LogP contribution in [0.4, 0.5) is 5.69 Å². The van der Waals surface area contributed by atoms with Gasteiger partial charge in [-0.05, 0) is 47.9 Å². The van der Waals surface area contributed by atoms with E-state index in [2.05, 4.69) is 44.4 Å². The van der Waals surface area contributed by atoms with Gasteiger partial charge in [0.2, 0.25) is 11.8 Å². The van der Waals surface area contributed by atoms with Crippen LogP contribution in [0, 0.1) is 11.8 Å². The Kier molecular flexibility index (Phi) is 5.16. The van der Waals surface area contributed by atoms with Crippen LogP contribution in [0.15, 0.2) is 29.8 Å². The van der Waals surface area contributed by atoms with E-state index in [4.69, 9.17) is 11.6 Å². The lowest BCUT2D eigenvalue weighted by atomic mass is 9.65. The van der Waals surface area contributed by atoms with E-state index in [0.29, 0.717) is 23.8 Å². The van der Waals surface area contributed by atoms with Gasteiger partial charge in [0.15, 0.2) is 0 Å². The van der Waals surface area contributed by atoms with Gasteiger partial charge in [-0.3, -0.25) is 9.59 Å². The molecule has 1 aromatic rings. The van der Waals surface area contributed by atoms with Crippen molar-refractivity contribution in [1.82, 2.24) is 5.32 Å². The molecule has 1 spiro atoms. The first-order valence-electron chi connectivity index (χ1n) is 9.36. The zero-order chi connectivity index (χ0) is 19.1. The first kappa shape index (κ1) is 19.0. The number of carbonyl (C=O) groups excluding carboxylic acids is 2. The molecular weight excluding hydrogens is 348 g/mol. The third-order valence-corrected chi connectivity index (χ3v) is 5.72. The number of fused-ring (bicyclic) bond motifs is 2. The smallest absolute Gasteiger partial charge is 0.237 e. The van der Waals surface area contributed by atoms with Gasteiger partial charge in [-0.2, -0.15) is 0 Å². The molecule has 0 aliphatic carbocycles. The van der Waals surface area contributed by atoms with Crippen LogP contribution in [-0.4, -0.2) is 17.9 Å². The molecule has 2 N–H and O–H groups in total. The minimum Gasteiger partial charge on any atom is -0.348 e. The average Bonchev–Trinajstić information content (AvgIpc) is 2.82. The fraction of sp³-hybridized carbons (Fsp3) is 0.524. The zero-order valence-electron chi connectivity index (χ0n) is 15.9. The summed E-state index contributed by atoms with van der Waals surface area (Å²) in [6, 6.07) is 5.22. The Bertz CT molecular complexity index is 769. The zero-order valence-corrected chi connectivity index (χ0v) is 16.6. The summed E-state index contributed by atoms with van der Waals surface area (Å²) in [4.78, 5) is 25.4. The number of allylic oxidation sites excluding steroid dienone is 1. The molecule has 0 bridgehead atoms. The molecule has 3 rings (SSSR count). The number of halogens is 1. The molecule has 2 aliphatic heterocycles. The van der Waals surface area contributed by atoms with Crippen LogP contribution in [0.25, 0.3) is 0 Å². The Morgan fingerprint density at radius 3 is 2.69 bits per heavy atom. The molecule has 4 nitrogen and oxygen atoms in total. The number of nitrogens with one attached hydrogen (secondary N) is 2. The number of hydrogen-bond donors (Lipinski definition) is 2. The highest BCUT2D eigenvalue weighted by Crippen LogP contribution is 2.48. The van der Waals surface area contributed by atoms with Crippen molar-refractivity contribution in [2.75, 3.05) is 5.32 Å². The monoisotopic (exact) mass is 374 g/mol. The van der Waals surface area contributed by atoms with E-state index >= 15 is 0 Å². The van der Waals surface area contributed by atoms with Crippen molar-refractivity contribution in [3.05, 3.63) is 40.4 Å². The molecule has 0 saturated carbocycles. The quantitative estimate of drug-likeness (QED) is 0.765. The van der Waals surface area contributed by atoms with Gasteiger partial charge < -0.3 is 10.6 Å². The minimum absolute atomic E-state index is 0.00642. The summed E-state index contributed by atoms with van der Waals surface area (Å²) in [7, 11) is 0. The Labute approximate surface area is 160 Å². The van der Waals surface area contributed by atoms with Gasteiger partial charge in [0.05, 0.1) is 6.04 Å². The van der Waals surface area contributed by atoms with Crippen molar-refractivity contribution in [3.8, 4) is 0 Å². The number of amides is 2. The fourth-order valence-corrected chi connectivity index (χ4v) is 4.31. The number of hydrogen-bond acceptors (Lipinski definition) is 2. The van der Waals surface area contributed by atoms with Gasteiger partial charge in [-0.25, -0.2) is 0 Å². The van der Waals surface area contributed by atoms with Crippen LogP contribution >= 0.6 is 11.6 Å². The lowest BCUT2D eigenvalue weighted by Crippen LogP contribution is -2.59. The predicted molar refractivity (Wildman–Crippen MR) is 105 cm³/mol. The van der Waals surface area contributed by atoms with Crippen molar-refractivity contribution < 1.29 is 9.59 Å². The van der Waals surface area contributed by atoms with E-state index in [-0.39, 0.29) is 23.8 Å². The highest BCUT2D eigenvalue weighted by atomic mass is 35.5. The number of anilines is 1. The lowest BCUT2D eigenvalue weighted by molar-refractivity contribution is -0.129. The second-order valence-corrected chi connectivity index (χ2v) is 8.54. The average molecular weight is 375 g/mol. The number of carbonyl (C=O) groups is 2. The molecule has 2 heterocycles. The molecule has 2 aliphatic rings. The van der Waals surface area contributed by atoms with E-state index < -0.39 is 5.41 Å². The molecular formula is C21H27ClN2O2. The van der Waals surface area contributed by atoms with Crippen molar-refractivity contribution in [3.63, 3.8) is 0 Å². The highest BCUT2D eigenvalue weighted by Gasteiger charge is 2.56. The molecule has 2 amide bonds. The summed E-state index contributed by atoms with van der Waals surface area (Å²) in [6.45, 7) is 8.58. The first-order valence-corrected chi connectivity index (χ1v) is 9.74. The fourth-order valence-electron chi connectivity index (χ4n) is 4.14. The van der Waals surface area contributed by atoms with Crippen LogP contribution in [0.1, 0.15) is 52.5 Å². The molecule has 5 heteroatoms. The van der Waals surface area contributed by atoms with E-state index in [0.717, 1.165) is 23.2 Å². The lowest BCUT2D eigenvalue weighted by Gasteiger charge is -2.42. The van der Waals surface area contributed by atoms with E-state index in [9.17, 15) is 9.59 Å². The maximum atomic E-state index is 13.2. The van der Waals surface area contributed by atoms with Crippen molar-refractivity contribution >= 4 is 29.1 Å². The summed E-state index contributed by atoms with van der Waals surface area (Å²) in [5.74, 6) is 0.712. The van der Waals surface area contributed by atoms with E-state index in [1.807, 2.05) is 12.1 Å². The predicted octanol–water partition coefficient (Wildman–Crippen LogP) is 4.44. The molecule has 1 aromatic carbocycles. The molecule has 1 saturated heterocycles. The summed E-state index contributed by atoms with van der Waals surface area (Å²) >= 11 is 6.12. The van der Waals surface area contributed by atoms with E-state index in [1.54, 1.807) is 6.07 Å². The summed E-state index contributed by atoms with van der Waals surface area (Å²) in [5.41, 5.74) is 2.06. The van der Waals surface area contributed by atoms with Crippen molar-refractivity contribution in [1.29, 1.82) is 0 Å². The normalized spacial score (nSPS) is 25.7. The second-order valence-electron chi connectivity index (χ2n) is 8.10. The first-order chi connectivity index (χ1) is 12.3. The van der Waals surface area contributed by atoms with Gasteiger partial charge >= 0.3 is 0 Å². The molecule has 1 fully saturated rings. The third kappa shape index (κ3) is 3.16. The van der Waals surface area contributed by atoms with Crippen molar-refractivity contribution in [2.24, 2.45) is 11.8 Å². The third-order valence-electron chi connectivity index (χ3n) is 5.49.